The number of allylic oxidation sites excluding steroid dienone is 1. The molecule has 1 fully saturated rings. The van der Waals surface area contributed by atoms with E-state index in [0.29, 0.717) is 27.0 Å². The Morgan fingerprint density at radius 2 is 1.59 bits per heavy atom. The molecule has 2 amide bonds. The van der Waals surface area contributed by atoms with Crippen LogP contribution < -0.4 is 15.2 Å². The van der Waals surface area contributed by atoms with Crippen LogP contribution in [0.5, 0.6) is 0 Å². The molecular weight excluding hydrogens is 471 g/mol. The summed E-state index contributed by atoms with van der Waals surface area (Å²) in [6, 6.07) is 21.9. The number of nitrogens with one attached hydrogen (secondary N) is 1. The van der Waals surface area contributed by atoms with E-state index in [1.54, 1.807) is 70.5 Å². The van der Waals surface area contributed by atoms with E-state index in [2.05, 4.69) is 5.32 Å². The fourth-order valence-electron chi connectivity index (χ4n) is 4.42. The van der Waals surface area contributed by atoms with E-state index >= 15 is 0 Å². The number of amides is 2. The molecule has 2 aliphatic rings. The fourth-order valence-corrected chi connectivity index (χ4v) is 4.67. The summed E-state index contributed by atoms with van der Waals surface area (Å²) in [4.78, 5) is 28.7. The minimum absolute atomic E-state index is 0.0237. The van der Waals surface area contributed by atoms with Gasteiger partial charge in [0.25, 0.3) is 5.91 Å². The average Bonchev–Trinajstić information content (AvgIpc) is 3.11. The standard InChI is InChI=1S/C26H22Cl2N4O2/c1-16-21-5-3-4-6-22(21)29-25-24(16)26(34)32(20-13-9-18(28)10-14-20)31(25)15-23(33)30(2)19-11-7-17(27)8-12-19/h3-14,25,29H,15H2,1-2H3. The van der Waals surface area contributed by atoms with Gasteiger partial charge in [-0.25, -0.2) is 5.01 Å². The van der Waals surface area contributed by atoms with E-state index < -0.39 is 6.17 Å². The van der Waals surface area contributed by atoms with Crippen LogP contribution in [0.15, 0.2) is 78.4 Å². The van der Waals surface area contributed by atoms with Crippen molar-refractivity contribution in [3.63, 3.8) is 0 Å². The van der Waals surface area contributed by atoms with Crippen LogP contribution in [0.4, 0.5) is 17.1 Å². The van der Waals surface area contributed by atoms with Crippen LogP contribution in [-0.2, 0) is 9.59 Å². The summed E-state index contributed by atoms with van der Waals surface area (Å²) in [6.07, 6.45) is -0.486. The number of nitrogens with zero attached hydrogens (tertiary/aromatic N) is 3. The number of carbonyl (C=O) groups is 2. The molecule has 1 atom stereocenters. The molecule has 1 saturated heterocycles. The second-order valence-corrected chi connectivity index (χ2v) is 9.12. The molecule has 0 spiro atoms. The number of rotatable bonds is 4. The van der Waals surface area contributed by atoms with Crippen LogP contribution in [0.2, 0.25) is 10.0 Å². The highest BCUT2D eigenvalue weighted by Gasteiger charge is 2.47. The molecule has 34 heavy (non-hydrogen) atoms. The second-order valence-electron chi connectivity index (χ2n) is 8.25. The normalized spacial score (nSPS) is 17.4. The van der Waals surface area contributed by atoms with Gasteiger partial charge in [-0.2, -0.15) is 5.01 Å². The third kappa shape index (κ3) is 3.84. The molecule has 8 heteroatoms. The van der Waals surface area contributed by atoms with E-state index in [1.807, 2.05) is 31.2 Å². The highest BCUT2D eigenvalue weighted by atomic mass is 35.5. The number of halogens is 2. The van der Waals surface area contributed by atoms with Crippen molar-refractivity contribution in [2.45, 2.75) is 13.1 Å². The average molecular weight is 493 g/mol. The maximum atomic E-state index is 13.7. The van der Waals surface area contributed by atoms with Crippen LogP contribution in [0.3, 0.4) is 0 Å². The molecule has 1 unspecified atom stereocenters. The molecule has 0 radical (unpaired) electrons. The first-order chi connectivity index (χ1) is 16.3. The van der Waals surface area contributed by atoms with Gasteiger partial charge in [-0.3, -0.25) is 9.59 Å². The van der Waals surface area contributed by atoms with Crippen molar-refractivity contribution >= 4 is 57.7 Å². The number of hydrogen-bond acceptors (Lipinski definition) is 4. The zero-order chi connectivity index (χ0) is 24.0. The van der Waals surface area contributed by atoms with Crippen molar-refractivity contribution in [2.75, 3.05) is 28.8 Å². The van der Waals surface area contributed by atoms with Crippen LogP contribution in [0, 0.1) is 0 Å². The maximum absolute atomic E-state index is 13.7. The van der Waals surface area contributed by atoms with Crippen molar-refractivity contribution in [2.24, 2.45) is 0 Å². The van der Waals surface area contributed by atoms with Crippen molar-refractivity contribution in [3.05, 3.63) is 94.0 Å². The molecule has 0 saturated carbocycles. The molecule has 2 heterocycles. The van der Waals surface area contributed by atoms with E-state index in [1.165, 1.54) is 0 Å². The molecule has 0 bridgehead atoms. The second kappa shape index (κ2) is 8.80. The molecule has 0 aliphatic carbocycles. The largest absolute Gasteiger partial charge is 0.364 e. The number of carbonyl (C=O) groups excluding carboxylic acids is 2. The summed E-state index contributed by atoms with van der Waals surface area (Å²) < 4.78 is 0. The van der Waals surface area contributed by atoms with Crippen LogP contribution in [0.25, 0.3) is 5.57 Å². The number of benzene rings is 3. The van der Waals surface area contributed by atoms with Gasteiger partial charge in [-0.15, -0.1) is 0 Å². The number of hydrazine groups is 1. The lowest BCUT2D eigenvalue weighted by Gasteiger charge is -2.34. The Bertz CT molecular complexity index is 1310. The van der Waals surface area contributed by atoms with Gasteiger partial charge < -0.3 is 10.2 Å². The first-order valence-corrected chi connectivity index (χ1v) is 11.6. The summed E-state index contributed by atoms with van der Waals surface area (Å²) in [5.41, 5.74) is 4.76. The maximum Gasteiger partial charge on any atom is 0.272 e. The smallest absolute Gasteiger partial charge is 0.272 e. The lowest BCUT2D eigenvalue weighted by atomic mass is 9.94. The predicted octanol–water partition coefficient (Wildman–Crippen LogP) is 5.45. The van der Waals surface area contributed by atoms with Crippen molar-refractivity contribution in [1.29, 1.82) is 0 Å². The number of fused-ring (bicyclic) bond motifs is 2. The number of hydrogen-bond donors (Lipinski definition) is 1. The minimum atomic E-state index is -0.486. The van der Waals surface area contributed by atoms with E-state index in [0.717, 1.165) is 16.8 Å². The number of anilines is 3. The lowest BCUT2D eigenvalue weighted by molar-refractivity contribution is -0.120. The summed E-state index contributed by atoms with van der Waals surface area (Å²) in [6.45, 7) is 1.93. The molecule has 3 aromatic rings. The van der Waals surface area contributed by atoms with E-state index in [9.17, 15) is 9.59 Å². The minimum Gasteiger partial charge on any atom is -0.364 e. The molecule has 2 aliphatic heterocycles. The van der Waals surface area contributed by atoms with Gasteiger partial charge in [0.1, 0.15) is 12.7 Å². The Morgan fingerprint density at radius 3 is 2.26 bits per heavy atom. The topological polar surface area (TPSA) is 55.9 Å². The fraction of sp³-hybridized carbons (Fsp3) is 0.154. The molecule has 5 rings (SSSR count). The van der Waals surface area contributed by atoms with Crippen LogP contribution in [-0.4, -0.2) is 36.6 Å². The van der Waals surface area contributed by atoms with Gasteiger partial charge in [0.2, 0.25) is 5.91 Å². The first-order valence-electron chi connectivity index (χ1n) is 10.8. The van der Waals surface area contributed by atoms with Crippen LogP contribution >= 0.6 is 23.2 Å². The highest BCUT2D eigenvalue weighted by molar-refractivity contribution is 6.31. The van der Waals surface area contributed by atoms with Crippen LogP contribution in [0.1, 0.15) is 12.5 Å². The van der Waals surface area contributed by atoms with Gasteiger partial charge in [0.15, 0.2) is 0 Å². The highest BCUT2D eigenvalue weighted by Crippen LogP contribution is 2.41. The van der Waals surface area contributed by atoms with E-state index in [4.69, 9.17) is 23.2 Å². The Balaban J connectivity index is 1.54. The van der Waals surface area contributed by atoms with Gasteiger partial charge in [0.05, 0.1) is 11.3 Å². The molecule has 6 nitrogen and oxygen atoms in total. The van der Waals surface area contributed by atoms with Gasteiger partial charge in [0, 0.05) is 34.0 Å². The first kappa shape index (κ1) is 22.5. The monoisotopic (exact) mass is 492 g/mol. The number of para-hydroxylation sites is 1. The van der Waals surface area contributed by atoms with E-state index in [-0.39, 0.29) is 18.4 Å². The SMILES string of the molecule is CC1=C2C(=O)N(c3ccc(Cl)cc3)N(CC(=O)N(C)c3ccc(Cl)cc3)C2Nc2ccccc21. The zero-order valence-corrected chi connectivity index (χ0v) is 20.1. The Labute approximate surface area is 207 Å². The molecule has 1 N–H and O–H groups in total. The van der Waals surface area contributed by atoms with Gasteiger partial charge in [-0.1, -0.05) is 41.4 Å². The summed E-state index contributed by atoms with van der Waals surface area (Å²) >= 11 is 12.1. The Morgan fingerprint density at radius 1 is 0.971 bits per heavy atom. The third-order valence-electron chi connectivity index (χ3n) is 6.23. The molecule has 3 aromatic carbocycles. The summed E-state index contributed by atoms with van der Waals surface area (Å²) in [5.74, 6) is -0.345. The van der Waals surface area contributed by atoms with Gasteiger partial charge >= 0.3 is 0 Å². The zero-order valence-electron chi connectivity index (χ0n) is 18.6. The predicted molar refractivity (Wildman–Crippen MR) is 137 cm³/mol. The van der Waals surface area contributed by atoms with Crippen molar-refractivity contribution in [1.82, 2.24) is 5.01 Å². The third-order valence-corrected chi connectivity index (χ3v) is 6.74. The van der Waals surface area contributed by atoms with Gasteiger partial charge in [-0.05, 0) is 67.1 Å². The molecule has 172 valence electrons. The Kier molecular flexibility index (Phi) is 5.81. The van der Waals surface area contributed by atoms with Crippen molar-refractivity contribution in [3.8, 4) is 0 Å². The summed E-state index contributed by atoms with van der Waals surface area (Å²) in [7, 11) is 1.71. The molecular formula is C26H22Cl2N4O2. The quantitative estimate of drug-likeness (QED) is 0.526. The lowest BCUT2D eigenvalue weighted by Crippen LogP contribution is -2.51. The van der Waals surface area contributed by atoms with Crippen molar-refractivity contribution < 1.29 is 9.59 Å². The molecule has 0 aromatic heterocycles. The Hall–Kier alpha value is -3.32. The summed E-state index contributed by atoms with van der Waals surface area (Å²) in [5, 5.41) is 7.96. The number of likely N-dealkylation sites (N-methyl/N-ethyl adjacent to an activating group) is 1.